The predicted octanol–water partition coefficient (Wildman–Crippen LogP) is 3.39. The summed E-state index contributed by atoms with van der Waals surface area (Å²) in [5.74, 6) is 0.623. The van der Waals surface area contributed by atoms with E-state index in [4.69, 9.17) is 5.73 Å². The number of amides is 1. The molecule has 1 amide bonds. The summed E-state index contributed by atoms with van der Waals surface area (Å²) in [7, 11) is 0. The summed E-state index contributed by atoms with van der Waals surface area (Å²) in [4.78, 5) is 11.9. The van der Waals surface area contributed by atoms with Crippen molar-refractivity contribution in [1.82, 2.24) is 5.32 Å². The summed E-state index contributed by atoms with van der Waals surface area (Å²) < 4.78 is 1.05. The highest BCUT2D eigenvalue weighted by molar-refractivity contribution is 9.10. The van der Waals surface area contributed by atoms with Crippen LogP contribution in [-0.2, 0) is 4.79 Å². The third-order valence-corrected chi connectivity index (χ3v) is 3.80. The van der Waals surface area contributed by atoms with Gasteiger partial charge in [-0.05, 0) is 49.9 Å². The SMILES string of the molecule is CC(CCN)CCC(=O)N[C@H](C)c1ccc(Br)cc1. The van der Waals surface area contributed by atoms with Gasteiger partial charge < -0.3 is 11.1 Å². The van der Waals surface area contributed by atoms with Crippen LogP contribution in [0.2, 0.25) is 0 Å². The molecule has 0 radical (unpaired) electrons. The van der Waals surface area contributed by atoms with E-state index in [-0.39, 0.29) is 11.9 Å². The Hall–Kier alpha value is -0.870. The van der Waals surface area contributed by atoms with Crippen LogP contribution in [0.5, 0.6) is 0 Å². The van der Waals surface area contributed by atoms with E-state index in [9.17, 15) is 4.79 Å². The highest BCUT2D eigenvalue weighted by Gasteiger charge is 2.10. The summed E-state index contributed by atoms with van der Waals surface area (Å²) >= 11 is 3.40. The molecule has 0 fully saturated rings. The van der Waals surface area contributed by atoms with Crippen LogP contribution in [0, 0.1) is 5.92 Å². The molecule has 19 heavy (non-hydrogen) atoms. The molecule has 106 valence electrons. The van der Waals surface area contributed by atoms with Crippen molar-refractivity contribution < 1.29 is 4.79 Å². The Bertz CT molecular complexity index is 392. The van der Waals surface area contributed by atoms with Gasteiger partial charge in [-0.3, -0.25) is 4.79 Å². The molecule has 1 aromatic carbocycles. The zero-order chi connectivity index (χ0) is 14.3. The summed E-state index contributed by atoms with van der Waals surface area (Å²) in [6.45, 7) is 4.83. The first-order valence-corrected chi connectivity index (χ1v) is 7.57. The van der Waals surface area contributed by atoms with Crippen molar-refractivity contribution >= 4 is 21.8 Å². The zero-order valence-corrected chi connectivity index (χ0v) is 13.2. The van der Waals surface area contributed by atoms with Gasteiger partial charge >= 0.3 is 0 Å². The summed E-state index contributed by atoms with van der Waals surface area (Å²) in [6.07, 6.45) is 2.45. The molecule has 2 atom stereocenters. The van der Waals surface area contributed by atoms with E-state index >= 15 is 0 Å². The fraction of sp³-hybridized carbons (Fsp3) is 0.533. The van der Waals surface area contributed by atoms with Gasteiger partial charge in [-0.25, -0.2) is 0 Å². The summed E-state index contributed by atoms with van der Waals surface area (Å²) in [5, 5.41) is 3.03. The number of nitrogens with one attached hydrogen (secondary N) is 1. The van der Waals surface area contributed by atoms with Crippen molar-refractivity contribution in [3.63, 3.8) is 0 Å². The van der Waals surface area contributed by atoms with E-state index in [1.54, 1.807) is 0 Å². The van der Waals surface area contributed by atoms with Crippen molar-refractivity contribution in [3.05, 3.63) is 34.3 Å². The first-order chi connectivity index (χ1) is 9.02. The van der Waals surface area contributed by atoms with Gasteiger partial charge in [0.15, 0.2) is 0 Å². The number of hydrogen-bond acceptors (Lipinski definition) is 2. The smallest absolute Gasteiger partial charge is 0.220 e. The van der Waals surface area contributed by atoms with Crippen molar-refractivity contribution in [2.24, 2.45) is 11.7 Å². The third kappa shape index (κ3) is 6.21. The van der Waals surface area contributed by atoms with E-state index in [0.717, 1.165) is 22.9 Å². The van der Waals surface area contributed by atoms with Crippen LogP contribution in [-0.4, -0.2) is 12.5 Å². The molecule has 0 aliphatic carbocycles. The minimum absolute atomic E-state index is 0.0467. The maximum Gasteiger partial charge on any atom is 0.220 e. The first-order valence-electron chi connectivity index (χ1n) is 6.77. The van der Waals surface area contributed by atoms with Gasteiger partial charge in [0, 0.05) is 10.9 Å². The van der Waals surface area contributed by atoms with E-state index in [0.29, 0.717) is 18.9 Å². The average Bonchev–Trinajstić information content (AvgIpc) is 2.37. The fourth-order valence-corrected chi connectivity index (χ4v) is 2.22. The Kier molecular flexibility index (Phi) is 7.10. The lowest BCUT2D eigenvalue weighted by molar-refractivity contribution is -0.122. The number of halogens is 1. The molecule has 0 aliphatic rings. The third-order valence-electron chi connectivity index (χ3n) is 3.27. The van der Waals surface area contributed by atoms with Gasteiger partial charge in [-0.1, -0.05) is 35.0 Å². The largest absolute Gasteiger partial charge is 0.350 e. The molecule has 0 bridgehead atoms. The number of benzene rings is 1. The van der Waals surface area contributed by atoms with Crippen LogP contribution in [0.4, 0.5) is 0 Å². The second kappa shape index (κ2) is 8.33. The topological polar surface area (TPSA) is 55.1 Å². The highest BCUT2D eigenvalue weighted by Crippen LogP contribution is 2.17. The second-order valence-corrected chi connectivity index (χ2v) is 5.98. The van der Waals surface area contributed by atoms with Crippen LogP contribution < -0.4 is 11.1 Å². The van der Waals surface area contributed by atoms with E-state index in [2.05, 4.69) is 28.2 Å². The molecule has 1 rings (SSSR count). The van der Waals surface area contributed by atoms with Crippen molar-refractivity contribution in [2.75, 3.05) is 6.54 Å². The minimum Gasteiger partial charge on any atom is -0.350 e. The monoisotopic (exact) mass is 326 g/mol. The lowest BCUT2D eigenvalue weighted by Gasteiger charge is -2.15. The molecule has 0 heterocycles. The number of nitrogens with two attached hydrogens (primary N) is 1. The molecule has 0 spiro atoms. The summed E-state index contributed by atoms with van der Waals surface area (Å²) in [6, 6.07) is 8.06. The molecule has 0 saturated carbocycles. The van der Waals surface area contributed by atoms with Gasteiger partial charge in [0.2, 0.25) is 5.91 Å². The Morgan fingerprint density at radius 2 is 1.89 bits per heavy atom. The van der Waals surface area contributed by atoms with Crippen LogP contribution in [0.3, 0.4) is 0 Å². The molecule has 3 N–H and O–H groups in total. The van der Waals surface area contributed by atoms with Gasteiger partial charge in [-0.15, -0.1) is 0 Å². The Morgan fingerprint density at radius 1 is 1.26 bits per heavy atom. The van der Waals surface area contributed by atoms with Crippen LogP contribution in [0.15, 0.2) is 28.7 Å². The lowest BCUT2D eigenvalue weighted by Crippen LogP contribution is -2.26. The maximum absolute atomic E-state index is 11.9. The molecular formula is C15H23BrN2O. The Balaban J connectivity index is 2.37. The highest BCUT2D eigenvalue weighted by atomic mass is 79.9. The van der Waals surface area contributed by atoms with Crippen molar-refractivity contribution in [1.29, 1.82) is 0 Å². The number of hydrogen-bond donors (Lipinski definition) is 2. The normalized spacial score (nSPS) is 13.9. The standard InChI is InChI=1S/C15H23BrN2O/c1-11(9-10-17)3-8-15(19)18-12(2)13-4-6-14(16)7-5-13/h4-7,11-12H,3,8-10,17H2,1-2H3,(H,18,19)/t11?,12-/m1/s1. The van der Waals surface area contributed by atoms with Gasteiger partial charge in [0.25, 0.3) is 0 Å². The molecule has 0 aliphatic heterocycles. The fourth-order valence-electron chi connectivity index (χ4n) is 1.95. The van der Waals surface area contributed by atoms with Crippen LogP contribution in [0.25, 0.3) is 0 Å². The molecule has 4 heteroatoms. The number of carbonyl (C=O) groups is 1. The van der Waals surface area contributed by atoms with Crippen LogP contribution in [0.1, 0.15) is 44.7 Å². The van der Waals surface area contributed by atoms with E-state index < -0.39 is 0 Å². The molecule has 0 aromatic heterocycles. The summed E-state index contributed by atoms with van der Waals surface area (Å²) in [5.41, 5.74) is 6.62. The lowest BCUT2D eigenvalue weighted by atomic mass is 10.0. The second-order valence-electron chi connectivity index (χ2n) is 5.06. The minimum atomic E-state index is 0.0467. The molecule has 0 saturated heterocycles. The maximum atomic E-state index is 11.9. The number of carbonyl (C=O) groups excluding carboxylic acids is 1. The van der Waals surface area contributed by atoms with Crippen molar-refractivity contribution in [3.8, 4) is 0 Å². The van der Waals surface area contributed by atoms with Crippen molar-refractivity contribution in [2.45, 2.75) is 39.2 Å². The van der Waals surface area contributed by atoms with E-state index in [1.807, 2.05) is 31.2 Å². The first kappa shape index (κ1) is 16.2. The molecule has 3 nitrogen and oxygen atoms in total. The predicted molar refractivity (Wildman–Crippen MR) is 82.8 cm³/mol. The van der Waals surface area contributed by atoms with E-state index in [1.165, 1.54) is 0 Å². The van der Waals surface area contributed by atoms with Crippen LogP contribution >= 0.6 is 15.9 Å². The molecular weight excluding hydrogens is 304 g/mol. The average molecular weight is 327 g/mol. The van der Waals surface area contributed by atoms with Gasteiger partial charge in [-0.2, -0.15) is 0 Å². The van der Waals surface area contributed by atoms with Gasteiger partial charge in [0.05, 0.1) is 6.04 Å². The Morgan fingerprint density at radius 3 is 2.47 bits per heavy atom. The number of rotatable bonds is 7. The zero-order valence-electron chi connectivity index (χ0n) is 11.7. The van der Waals surface area contributed by atoms with Gasteiger partial charge in [0.1, 0.15) is 0 Å². The Labute approximate surface area is 124 Å². The molecule has 1 unspecified atom stereocenters. The quantitative estimate of drug-likeness (QED) is 0.806. The molecule has 1 aromatic rings.